The zero-order valence-corrected chi connectivity index (χ0v) is 6.06. The molecule has 0 heterocycles. The van der Waals surface area contributed by atoms with Crippen LogP contribution in [0, 0.1) is 0 Å². The molecule has 0 aliphatic carbocycles. The summed E-state index contributed by atoms with van der Waals surface area (Å²) in [6.07, 6.45) is 0. The van der Waals surface area contributed by atoms with Gasteiger partial charge in [-0.25, -0.2) is 0 Å². The molecular weight excluding hydrogens is 214 g/mol. The first-order valence-corrected chi connectivity index (χ1v) is 2.78. The molecule has 0 aromatic heterocycles. The number of rotatable bonds is 1. The van der Waals surface area contributed by atoms with E-state index in [1.54, 1.807) is 0 Å². The molecule has 0 spiro atoms. The van der Waals surface area contributed by atoms with Crippen LogP contribution in [-0.4, -0.2) is 41.4 Å². The van der Waals surface area contributed by atoms with E-state index in [9.17, 15) is 9.59 Å². The fourth-order valence-electron chi connectivity index (χ4n) is 0. The zero-order valence-electron chi connectivity index (χ0n) is 2.63. The molecule has 2 radical (unpaired) electrons. The molecule has 0 fully saturated rings. The second-order valence-electron chi connectivity index (χ2n) is 0.575. The molecule has 0 rings (SSSR count). The quantitative estimate of drug-likeness (QED) is 0.388. The van der Waals surface area contributed by atoms with E-state index in [2.05, 4.69) is 0 Å². The van der Waals surface area contributed by atoms with Gasteiger partial charge < -0.3 is 0 Å². The van der Waals surface area contributed by atoms with Gasteiger partial charge in [0.1, 0.15) is 0 Å². The Balaban J connectivity index is 3.57. The Hall–Kier alpha value is 0.379. The van der Waals surface area contributed by atoms with Crippen LogP contribution in [0.15, 0.2) is 0 Å². The van der Waals surface area contributed by atoms with Gasteiger partial charge in [0, 0.05) is 0 Å². The Morgan fingerprint density at radius 1 is 1.00 bits per heavy atom. The summed E-state index contributed by atoms with van der Waals surface area (Å²) in [5.41, 5.74) is 0. The fraction of sp³-hybridized carbons (Fsp3) is 0. The predicted molar refractivity (Wildman–Crippen MR) is 21.5 cm³/mol. The Bertz CT molecular complexity index is 75.5. The molecule has 0 atom stereocenters. The molecule has 0 saturated carbocycles. The van der Waals surface area contributed by atoms with Gasteiger partial charge in [-0.15, -0.1) is 0 Å². The van der Waals surface area contributed by atoms with Crippen molar-refractivity contribution in [3.63, 3.8) is 0 Å². The van der Waals surface area contributed by atoms with Crippen LogP contribution in [0.1, 0.15) is 0 Å². The summed E-state index contributed by atoms with van der Waals surface area (Å²) in [5.74, 6) is 0. The molecule has 0 amide bonds. The number of hydrogen-bond donors (Lipinski definition) is 0. The number of carbonyl (C=O) groups excluding carboxylic acids is 2. The maximum atomic E-state index is 9.71. The fourth-order valence-corrected chi connectivity index (χ4v) is 0. The second kappa shape index (κ2) is 2.53. The Labute approximate surface area is 51.3 Å². The predicted octanol–water partition coefficient (Wildman–Crippen LogP) is -1.62. The normalized spacial score (nSPS) is 7.33. The summed E-state index contributed by atoms with van der Waals surface area (Å²) < 4.78 is -1.12. The summed E-state index contributed by atoms with van der Waals surface area (Å²) in [6, 6.07) is 0. The summed E-state index contributed by atoms with van der Waals surface area (Å²) in [4.78, 5) is 19.4. The molecule has 32 valence electrons. The van der Waals surface area contributed by atoms with E-state index in [4.69, 9.17) is 0 Å². The molecule has 0 aliphatic rings. The molecule has 4 heteroatoms. The molecule has 0 N–H and O–H groups in total. The first kappa shape index (κ1) is 6.38. The van der Waals surface area contributed by atoms with Gasteiger partial charge in [-0.1, -0.05) is 0 Å². The monoisotopic (exact) mass is 216 g/mol. The SMILES string of the molecule is O=C([Se])C(=O)[Se]. The Kier molecular flexibility index (Phi) is 2.69. The van der Waals surface area contributed by atoms with Crippen LogP contribution in [0.25, 0.3) is 0 Å². The van der Waals surface area contributed by atoms with E-state index < -0.39 is 9.36 Å². The third-order valence-electron chi connectivity index (χ3n) is 0.167. The van der Waals surface area contributed by atoms with Crippen molar-refractivity contribution in [1.82, 2.24) is 0 Å². The molecule has 0 aromatic rings. The van der Waals surface area contributed by atoms with Crippen LogP contribution in [0.5, 0.6) is 0 Å². The average Bonchev–Trinajstić information content (AvgIpc) is 1.36. The molecule has 2 nitrogen and oxygen atoms in total. The zero-order chi connectivity index (χ0) is 5.15. The average molecular weight is 214 g/mol. The first-order chi connectivity index (χ1) is 2.64. The van der Waals surface area contributed by atoms with Crippen LogP contribution in [-0.2, 0) is 9.59 Å². The van der Waals surface area contributed by atoms with Crippen molar-refractivity contribution in [3.8, 4) is 0 Å². The van der Waals surface area contributed by atoms with E-state index in [1.165, 1.54) is 0 Å². The van der Waals surface area contributed by atoms with Gasteiger partial charge in [0.25, 0.3) is 0 Å². The molecule has 0 unspecified atom stereocenters. The van der Waals surface area contributed by atoms with Gasteiger partial charge in [0.2, 0.25) is 0 Å². The van der Waals surface area contributed by atoms with Crippen molar-refractivity contribution in [1.29, 1.82) is 0 Å². The Morgan fingerprint density at radius 2 is 1.17 bits per heavy atom. The topological polar surface area (TPSA) is 34.1 Å². The van der Waals surface area contributed by atoms with Crippen molar-refractivity contribution < 1.29 is 9.59 Å². The van der Waals surface area contributed by atoms with Crippen LogP contribution in [0.4, 0.5) is 0 Å². The third kappa shape index (κ3) is 2.61. The molecule has 0 bridgehead atoms. The van der Waals surface area contributed by atoms with Gasteiger partial charge in [-0.2, -0.15) is 0 Å². The van der Waals surface area contributed by atoms with Crippen LogP contribution in [0.3, 0.4) is 0 Å². The van der Waals surface area contributed by atoms with E-state index in [0.717, 1.165) is 0 Å². The second-order valence-corrected chi connectivity index (χ2v) is 2.13. The van der Waals surface area contributed by atoms with E-state index >= 15 is 0 Å². The van der Waals surface area contributed by atoms with Crippen LogP contribution < -0.4 is 0 Å². The maximum absolute atomic E-state index is 9.71. The number of hydrogen-bond acceptors (Lipinski definition) is 2. The van der Waals surface area contributed by atoms with Crippen molar-refractivity contribution in [2.24, 2.45) is 0 Å². The first-order valence-electron chi connectivity index (χ1n) is 1.07. The summed E-state index contributed by atoms with van der Waals surface area (Å²) >= 11 is 4.04. The number of carbonyl (C=O) groups is 2. The molecule has 6 heavy (non-hydrogen) atoms. The van der Waals surface area contributed by atoms with Crippen molar-refractivity contribution in [2.75, 3.05) is 0 Å². The molecular formula is C2O2Se2. The molecule has 0 saturated heterocycles. The standard InChI is InChI=1S/C2O2Se2/c3-1(5)2(4)6. The van der Waals surface area contributed by atoms with Crippen molar-refractivity contribution in [3.05, 3.63) is 0 Å². The van der Waals surface area contributed by atoms with Gasteiger partial charge in [-0.05, 0) is 0 Å². The Morgan fingerprint density at radius 3 is 1.17 bits per heavy atom. The van der Waals surface area contributed by atoms with Crippen LogP contribution >= 0.6 is 0 Å². The molecule has 0 aromatic carbocycles. The van der Waals surface area contributed by atoms with E-state index in [0.29, 0.717) is 0 Å². The van der Waals surface area contributed by atoms with Crippen molar-refractivity contribution in [2.45, 2.75) is 0 Å². The minimum atomic E-state index is -0.560. The van der Waals surface area contributed by atoms with Gasteiger partial charge in [0.15, 0.2) is 0 Å². The van der Waals surface area contributed by atoms with Crippen LogP contribution in [0.2, 0.25) is 0 Å². The van der Waals surface area contributed by atoms with Gasteiger partial charge >= 0.3 is 51.0 Å². The van der Waals surface area contributed by atoms with Gasteiger partial charge in [-0.3, -0.25) is 0 Å². The summed E-state index contributed by atoms with van der Waals surface area (Å²) in [7, 11) is 0. The van der Waals surface area contributed by atoms with E-state index in [-0.39, 0.29) is 0 Å². The molecule has 0 aliphatic heterocycles. The van der Waals surface area contributed by atoms with E-state index in [1.807, 2.05) is 32.0 Å². The summed E-state index contributed by atoms with van der Waals surface area (Å²) in [6.45, 7) is 0. The van der Waals surface area contributed by atoms with Crippen molar-refractivity contribution >= 4 is 41.4 Å². The van der Waals surface area contributed by atoms with Gasteiger partial charge in [0.05, 0.1) is 0 Å². The third-order valence-corrected chi connectivity index (χ3v) is 1.60. The summed E-state index contributed by atoms with van der Waals surface area (Å²) in [5, 5.41) is 0. The minimum absolute atomic E-state index is 0.560.